The molecule has 1 N–H and O–H groups in total. The molecule has 0 aromatic heterocycles. The fourth-order valence-corrected chi connectivity index (χ4v) is 4.59. The fourth-order valence-electron chi connectivity index (χ4n) is 4.59. The van der Waals surface area contributed by atoms with Crippen molar-refractivity contribution >= 4 is 11.9 Å². The van der Waals surface area contributed by atoms with Crippen LogP contribution in [0, 0.1) is 5.41 Å². The topological polar surface area (TPSA) is 85.4 Å². The van der Waals surface area contributed by atoms with Crippen LogP contribution in [0.4, 0.5) is 13.2 Å². The van der Waals surface area contributed by atoms with Crippen LogP contribution in [0.2, 0.25) is 0 Å². The summed E-state index contributed by atoms with van der Waals surface area (Å²) in [6.45, 7) is 5.92. The van der Waals surface area contributed by atoms with Crippen molar-refractivity contribution in [1.29, 1.82) is 0 Å². The summed E-state index contributed by atoms with van der Waals surface area (Å²) in [5.74, 6) is -1.88. The van der Waals surface area contributed by atoms with Crippen LogP contribution < -0.4 is 0 Å². The van der Waals surface area contributed by atoms with Gasteiger partial charge in [0, 0.05) is 11.5 Å². The summed E-state index contributed by atoms with van der Waals surface area (Å²) in [5, 5.41) is 10.4. The van der Waals surface area contributed by atoms with Crippen LogP contribution in [0.5, 0.6) is 0 Å². The number of rotatable bonds is 6. The van der Waals surface area contributed by atoms with E-state index >= 15 is 0 Å². The molecule has 2 aliphatic heterocycles. The third-order valence-corrected chi connectivity index (χ3v) is 6.41. The number of halogens is 3. The van der Waals surface area contributed by atoms with Crippen LogP contribution >= 0.6 is 0 Å². The molecule has 172 valence electrons. The molecule has 3 rings (SSSR count). The molecule has 1 aliphatic carbocycles. The van der Waals surface area contributed by atoms with Gasteiger partial charge in [-0.2, -0.15) is 13.2 Å². The number of cyclic esters (lactones) is 1. The summed E-state index contributed by atoms with van der Waals surface area (Å²) in [7, 11) is 0. The molecule has 1 saturated heterocycles. The van der Waals surface area contributed by atoms with Crippen molar-refractivity contribution in [2.75, 3.05) is 6.61 Å². The maximum absolute atomic E-state index is 12.2. The van der Waals surface area contributed by atoms with Gasteiger partial charge in [0.05, 0.1) is 11.2 Å². The lowest BCUT2D eigenvalue weighted by atomic mass is 9.64. The van der Waals surface area contributed by atoms with Crippen molar-refractivity contribution in [2.45, 2.75) is 76.5 Å². The lowest BCUT2D eigenvalue weighted by Crippen LogP contribution is -2.41. The lowest BCUT2D eigenvalue weighted by Gasteiger charge is -2.36. The standard InChI is InChI=1S/C22H27F3O6/c1-13(10-16(26)29-12-22(23,24)25)17(27)15-11-14(18(28)30-15)6-9-21-19(2,3)7-5-8-20(21,4)31-21/h6,9-11,15,17,27H,5,7-8,12H2,1-4H3/b9-6+,13-10+/t15-,17-,20?,21?/m0/s1. The molecule has 4 atom stereocenters. The predicted octanol–water partition coefficient (Wildman–Crippen LogP) is 3.54. The number of carbonyl (C=O) groups excluding carboxylic acids is 2. The predicted molar refractivity (Wildman–Crippen MR) is 104 cm³/mol. The summed E-state index contributed by atoms with van der Waals surface area (Å²) in [5.41, 5.74) is -0.604. The van der Waals surface area contributed by atoms with E-state index in [1.165, 1.54) is 13.0 Å². The summed E-state index contributed by atoms with van der Waals surface area (Å²) in [4.78, 5) is 23.7. The Morgan fingerprint density at radius 3 is 2.65 bits per heavy atom. The first-order valence-electron chi connectivity index (χ1n) is 10.1. The molecule has 0 aromatic carbocycles. The van der Waals surface area contributed by atoms with Crippen molar-refractivity contribution in [1.82, 2.24) is 0 Å². The number of epoxide rings is 1. The molecule has 0 amide bonds. The zero-order chi connectivity index (χ0) is 23.2. The Morgan fingerprint density at radius 2 is 2.03 bits per heavy atom. The molecular weight excluding hydrogens is 417 g/mol. The van der Waals surface area contributed by atoms with Gasteiger partial charge >= 0.3 is 18.1 Å². The summed E-state index contributed by atoms with van der Waals surface area (Å²) in [6, 6.07) is 0. The van der Waals surface area contributed by atoms with E-state index in [0.717, 1.165) is 25.3 Å². The van der Waals surface area contributed by atoms with Crippen LogP contribution in [0.1, 0.15) is 47.0 Å². The third-order valence-electron chi connectivity index (χ3n) is 6.41. The molecule has 0 spiro atoms. The van der Waals surface area contributed by atoms with Gasteiger partial charge in [-0.25, -0.2) is 9.59 Å². The zero-order valence-electron chi connectivity index (χ0n) is 17.9. The van der Waals surface area contributed by atoms with E-state index in [1.54, 1.807) is 6.08 Å². The van der Waals surface area contributed by atoms with E-state index in [-0.39, 0.29) is 22.2 Å². The number of hydrogen-bond donors (Lipinski definition) is 1. The van der Waals surface area contributed by atoms with Crippen LogP contribution in [-0.2, 0) is 23.8 Å². The SMILES string of the molecule is C/C(=C\C(=O)OCC(F)(F)F)[C@H](O)[C@@H]1C=C(/C=C/C23OC2(C)CCCC3(C)C)C(=O)O1. The Hall–Kier alpha value is -2.13. The van der Waals surface area contributed by atoms with E-state index in [9.17, 15) is 27.9 Å². The minimum absolute atomic E-state index is 0.0107. The van der Waals surface area contributed by atoms with Gasteiger partial charge in [-0.15, -0.1) is 0 Å². The third kappa shape index (κ3) is 4.57. The van der Waals surface area contributed by atoms with Gasteiger partial charge in [-0.1, -0.05) is 13.8 Å². The first-order valence-corrected chi connectivity index (χ1v) is 10.1. The maximum atomic E-state index is 12.2. The Kier molecular flexibility index (Phi) is 5.90. The smallest absolute Gasteiger partial charge is 0.422 e. The van der Waals surface area contributed by atoms with Crippen molar-refractivity contribution in [3.63, 3.8) is 0 Å². The molecule has 9 heteroatoms. The van der Waals surface area contributed by atoms with E-state index in [2.05, 4.69) is 25.5 Å². The Balaban J connectivity index is 1.68. The molecule has 0 radical (unpaired) electrons. The molecule has 2 fully saturated rings. The minimum atomic E-state index is -4.64. The van der Waals surface area contributed by atoms with Gasteiger partial charge in [0.1, 0.15) is 11.7 Å². The highest BCUT2D eigenvalue weighted by Crippen LogP contribution is 2.66. The second kappa shape index (κ2) is 7.78. The highest BCUT2D eigenvalue weighted by molar-refractivity contribution is 5.94. The van der Waals surface area contributed by atoms with Gasteiger partial charge in [0.2, 0.25) is 0 Å². The van der Waals surface area contributed by atoms with Gasteiger partial charge in [-0.05, 0) is 56.9 Å². The van der Waals surface area contributed by atoms with Crippen LogP contribution in [0.25, 0.3) is 0 Å². The monoisotopic (exact) mass is 444 g/mol. The average molecular weight is 444 g/mol. The number of aliphatic hydroxyl groups is 1. The summed E-state index contributed by atoms with van der Waals surface area (Å²) in [6.07, 6.45) is 1.56. The Morgan fingerprint density at radius 1 is 1.35 bits per heavy atom. The molecule has 1 saturated carbocycles. The second-order valence-electron chi connectivity index (χ2n) is 9.19. The average Bonchev–Trinajstić information content (AvgIpc) is 3.12. The molecule has 6 nitrogen and oxygen atoms in total. The van der Waals surface area contributed by atoms with Gasteiger partial charge in [0.15, 0.2) is 12.7 Å². The molecule has 31 heavy (non-hydrogen) atoms. The Bertz CT molecular complexity index is 856. The molecule has 2 heterocycles. The van der Waals surface area contributed by atoms with Crippen molar-refractivity contribution in [3.8, 4) is 0 Å². The van der Waals surface area contributed by atoms with E-state index in [4.69, 9.17) is 9.47 Å². The van der Waals surface area contributed by atoms with Gasteiger partial charge in [-0.3, -0.25) is 0 Å². The van der Waals surface area contributed by atoms with E-state index in [1.807, 2.05) is 6.08 Å². The van der Waals surface area contributed by atoms with E-state index in [0.29, 0.717) is 0 Å². The van der Waals surface area contributed by atoms with Gasteiger partial charge in [0.25, 0.3) is 0 Å². The van der Waals surface area contributed by atoms with Crippen LogP contribution in [0.15, 0.2) is 35.5 Å². The number of hydrogen-bond acceptors (Lipinski definition) is 6. The number of alkyl halides is 3. The molecule has 0 aromatic rings. The molecular formula is C22H27F3O6. The minimum Gasteiger partial charge on any atom is -0.453 e. The number of carbonyl (C=O) groups is 2. The van der Waals surface area contributed by atoms with Crippen molar-refractivity contribution in [2.24, 2.45) is 5.41 Å². The highest BCUT2D eigenvalue weighted by Gasteiger charge is 2.73. The molecule has 3 aliphatic rings. The quantitative estimate of drug-likeness (QED) is 0.383. The van der Waals surface area contributed by atoms with Crippen molar-refractivity contribution in [3.05, 3.63) is 35.5 Å². The van der Waals surface area contributed by atoms with E-state index < -0.39 is 42.5 Å². The lowest BCUT2D eigenvalue weighted by molar-refractivity contribution is -0.182. The maximum Gasteiger partial charge on any atom is 0.422 e. The number of fused-ring (bicyclic) bond motifs is 1. The number of aliphatic hydroxyl groups excluding tert-OH is 1. The summed E-state index contributed by atoms with van der Waals surface area (Å²) < 4.78 is 51.7. The first kappa shape index (κ1) is 23.5. The largest absolute Gasteiger partial charge is 0.453 e. The molecule has 2 unspecified atom stereocenters. The highest BCUT2D eigenvalue weighted by atomic mass is 19.4. The normalized spacial score (nSPS) is 33.5. The second-order valence-corrected chi connectivity index (χ2v) is 9.19. The Labute approximate surface area is 178 Å². The van der Waals surface area contributed by atoms with Crippen molar-refractivity contribution < 1.29 is 42.1 Å². The van der Waals surface area contributed by atoms with Crippen LogP contribution in [-0.4, -0.2) is 53.2 Å². The fraction of sp³-hybridized carbons (Fsp3) is 0.636. The summed E-state index contributed by atoms with van der Waals surface area (Å²) >= 11 is 0. The van der Waals surface area contributed by atoms with Crippen LogP contribution in [0.3, 0.4) is 0 Å². The first-order chi connectivity index (χ1) is 14.2. The molecule has 0 bridgehead atoms. The van der Waals surface area contributed by atoms with Gasteiger partial charge < -0.3 is 19.3 Å². The zero-order valence-corrected chi connectivity index (χ0v) is 17.9. The number of ether oxygens (including phenoxy) is 3. The number of esters is 2.